The molecular weight excluding hydrogens is 371 g/mol. The van der Waals surface area contributed by atoms with Crippen molar-refractivity contribution in [1.82, 2.24) is 9.62 Å². The van der Waals surface area contributed by atoms with Crippen molar-refractivity contribution < 1.29 is 31.3 Å². The standard InChI is InChI=1S/C16H22F3N3O3S/c1-3-20-15(23)12(2)21-8-10-22(11-9-21)26(24,25)14-7-5-4-6-13(14)16(17,18)19/h4-7,12H,3,8-11H2,1-2H3,(H,20,23)/p+1/t12-/m0/s1. The lowest BCUT2D eigenvalue weighted by Crippen LogP contribution is -3.19. The molecule has 0 saturated carbocycles. The summed E-state index contributed by atoms with van der Waals surface area (Å²) in [5, 5.41) is 2.72. The van der Waals surface area contributed by atoms with Crippen LogP contribution in [0.3, 0.4) is 0 Å². The Bertz CT molecular complexity index is 745. The average Bonchev–Trinajstić information content (AvgIpc) is 2.60. The molecule has 1 atom stereocenters. The minimum absolute atomic E-state index is 0.0631. The van der Waals surface area contributed by atoms with E-state index in [2.05, 4.69) is 5.32 Å². The van der Waals surface area contributed by atoms with Crippen molar-refractivity contribution in [3.05, 3.63) is 29.8 Å². The number of piperazine rings is 1. The predicted molar refractivity (Wildman–Crippen MR) is 89.0 cm³/mol. The molecule has 0 aliphatic carbocycles. The zero-order chi connectivity index (χ0) is 19.5. The largest absolute Gasteiger partial charge is 0.417 e. The van der Waals surface area contributed by atoms with Gasteiger partial charge in [0.05, 0.1) is 36.6 Å². The first-order valence-electron chi connectivity index (χ1n) is 8.37. The number of nitrogens with zero attached hydrogens (tertiary/aromatic N) is 1. The van der Waals surface area contributed by atoms with Gasteiger partial charge in [0.2, 0.25) is 10.0 Å². The Kier molecular flexibility index (Phi) is 6.30. The normalized spacial score (nSPS) is 18.5. The zero-order valence-corrected chi connectivity index (χ0v) is 15.5. The van der Waals surface area contributed by atoms with Gasteiger partial charge in [-0.25, -0.2) is 8.42 Å². The maximum absolute atomic E-state index is 13.1. The molecule has 1 heterocycles. The van der Waals surface area contributed by atoms with Crippen molar-refractivity contribution in [2.24, 2.45) is 0 Å². The van der Waals surface area contributed by atoms with Crippen molar-refractivity contribution in [3.8, 4) is 0 Å². The van der Waals surface area contributed by atoms with E-state index >= 15 is 0 Å². The first-order valence-corrected chi connectivity index (χ1v) is 9.81. The highest BCUT2D eigenvalue weighted by molar-refractivity contribution is 7.89. The molecule has 1 aliphatic rings. The lowest BCUT2D eigenvalue weighted by Gasteiger charge is -2.34. The molecule has 26 heavy (non-hydrogen) atoms. The fraction of sp³-hybridized carbons (Fsp3) is 0.562. The lowest BCUT2D eigenvalue weighted by molar-refractivity contribution is -0.917. The topological polar surface area (TPSA) is 70.9 Å². The highest BCUT2D eigenvalue weighted by Gasteiger charge is 2.40. The summed E-state index contributed by atoms with van der Waals surface area (Å²) in [6, 6.07) is 3.85. The van der Waals surface area contributed by atoms with Gasteiger partial charge in [0, 0.05) is 6.54 Å². The number of carbonyl (C=O) groups excluding carboxylic acids is 1. The van der Waals surface area contributed by atoms with Gasteiger partial charge in [-0.05, 0) is 26.0 Å². The van der Waals surface area contributed by atoms with E-state index in [1.54, 1.807) is 6.92 Å². The first kappa shape index (κ1) is 20.7. The van der Waals surface area contributed by atoms with Crippen LogP contribution in [0.15, 0.2) is 29.2 Å². The van der Waals surface area contributed by atoms with E-state index in [4.69, 9.17) is 0 Å². The average molecular weight is 394 g/mol. The summed E-state index contributed by atoms with van der Waals surface area (Å²) in [6.45, 7) is 4.90. The molecule has 0 aromatic heterocycles. The van der Waals surface area contributed by atoms with Crippen LogP contribution < -0.4 is 10.2 Å². The highest BCUT2D eigenvalue weighted by atomic mass is 32.2. The number of likely N-dealkylation sites (N-methyl/N-ethyl adjacent to an activating group) is 1. The van der Waals surface area contributed by atoms with E-state index in [1.165, 1.54) is 6.07 Å². The van der Waals surface area contributed by atoms with Gasteiger partial charge < -0.3 is 10.2 Å². The quantitative estimate of drug-likeness (QED) is 0.745. The van der Waals surface area contributed by atoms with Crippen molar-refractivity contribution in [1.29, 1.82) is 0 Å². The van der Waals surface area contributed by atoms with Crippen LogP contribution in [0, 0.1) is 0 Å². The van der Waals surface area contributed by atoms with Crippen LogP contribution in [0.1, 0.15) is 19.4 Å². The summed E-state index contributed by atoms with van der Waals surface area (Å²) >= 11 is 0. The van der Waals surface area contributed by atoms with Crippen molar-refractivity contribution >= 4 is 15.9 Å². The Labute approximate surface area is 151 Å². The van der Waals surface area contributed by atoms with E-state index in [1.807, 2.05) is 6.92 Å². The number of rotatable bonds is 5. The Hall–Kier alpha value is -1.65. The smallest absolute Gasteiger partial charge is 0.351 e. The minimum atomic E-state index is -4.75. The number of nitrogens with one attached hydrogen (secondary N) is 2. The third-order valence-electron chi connectivity index (χ3n) is 4.53. The zero-order valence-electron chi connectivity index (χ0n) is 14.6. The van der Waals surface area contributed by atoms with Crippen LogP contribution in [0.2, 0.25) is 0 Å². The molecule has 2 rings (SSSR count). The second-order valence-electron chi connectivity index (χ2n) is 6.17. The molecule has 0 spiro atoms. The summed E-state index contributed by atoms with van der Waals surface area (Å²) in [6.07, 6.45) is -4.75. The van der Waals surface area contributed by atoms with Crippen LogP contribution in [-0.2, 0) is 21.0 Å². The maximum atomic E-state index is 13.1. The van der Waals surface area contributed by atoms with Crippen LogP contribution in [0.5, 0.6) is 0 Å². The van der Waals surface area contributed by atoms with E-state index in [0.29, 0.717) is 19.6 Å². The highest BCUT2D eigenvalue weighted by Crippen LogP contribution is 2.35. The molecule has 6 nitrogen and oxygen atoms in total. The molecule has 0 bridgehead atoms. The second kappa shape index (κ2) is 7.93. The Morgan fingerprint density at radius 1 is 1.27 bits per heavy atom. The van der Waals surface area contributed by atoms with E-state index in [9.17, 15) is 26.4 Å². The fourth-order valence-electron chi connectivity index (χ4n) is 3.02. The maximum Gasteiger partial charge on any atom is 0.417 e. The third kappa shape index (κ3) is 4.36. The molecule has 1 aromatic rings. The van der Waals surface area contributed by atoms with Gasteiger partial charge in [-0.3, -0.25) is 4.79 Å². The Morgan fingerprint density at radius 2 is 1.85 bits per heavy atom. The molecule has 1 aliphatic heterocycles. The molecule has 1 aromatic carbocycles. The Morgan fingerprint density at radius 3 is 2.38 bits per heavy atom. The Balaban J connectivity index is 2.16. The molecule has 0 unspecified atom stereocenters. The van der Waals surface area contributed by atoms with E-state index in [-0.39, 0.29) is 25.0 Å². The van der Waals surface area contributed by atoms with Crippen molar-refractivity contribution in [2.45, 2.75) is 31.0 Å². The number of carbonyl (C=O) groups is 1. The predicted octanol–water partition coefficient (Wildman–Crippen LogP) is 0.119. The minimum Gasteiger partial charge on any atom is -0.351 e. The van der Waals surface area contributed by atoms with Gasteiger partial charge in [0.1, 0.15) is 0 Å². The molecule has 0 radical (unpaired) electrons. The second-order valence-corrected chi connectivity index (χ2v) is 8.08. The summed E-state index contributed by atoms with van der Waals surface area (Å²) in [5.41, 5.74) is -1.16. The lowest BCUT2D eigenvalue weighted by atomic mass is 10.2. The van der Waals surface area contributed by atoms with Crippen molar-refractivity contribution in [3.63, 3.8) is 0 Å². The van der Waals surface area contributed by atoms with Gasteiger partial charge in [-0.15, -0.1) is 0 Å². The fourth-order valence-corrected chi connectivity index (χ4v) is 4.68. The number of quaternary nitrogens is 1. The van der Waals surface area contributed by atoms with Crippen molar-refractivity contribution in [2.75, 3.05) is 32.7 Å². The van der Waals surface area contributed by atoms with Gasteiger partial charge in [0.15, 0.2) is 6.04 Å². The first-order chi connectivity index (χ1) is 12.1. The number of halogens is 3. The van der Waals surface area contributed by atoms with Gasteiger partial charge in [-0.2, -0.15) is 17.5 Å². The summed E-state index contributed by atoms with van der Waals surface area (Å²) in [7, 11) is -4.26. The third-order valence-corrected chi connectivity index (χ3v) is 6.49. The van der Waals surface area contributed by atoms with Gasteiger partial charge in [0.25, 0.3) is 5.91 Å². The number of amides is 1. The molecule has 1 saturated heterocycles. The van der Waals surface area contributed by atoms with E-state index in [0.717, 1.165) is 27.4 Å². The molecule has 1 amide bonds. The molecule has 2 N–H and O–H groups in total. The van der Waals surface area contributed by atoms with Crippen LogP contribution in [0.25, 0.3) is 0 Å². The molecular formula is C16H23F3N3O3S+. The number of sulfonamides is 1. The SMILES string of the molecule is CCNC(=O)[C@H](C)[NH+]1CCN(S(=O)(=O)c2ccccc2C(F)(F)F)CC1. The number of hydrogen-bond acceptors (Lipinski definition) is 3. The monoisotopic (exact) mass is 394 g/mol. The summed E-state index contributed by atoms with van der Waals surface area (Å²) in [4.78, 5) is 12.1. The van der Waals surface area contributed by atoms with Gasteiger partial charge in [-0.1, -0.05) is 12.1 Å². The number of alkyl halides is 3. The van der Waals surface area contributed by atoms with Gasteiger partial charge >= 0.3 is 6.18 Å². The summed E-state index contributed by atoms with van der Waals surface area (Å²) in [5.74, 6) is -0.124. The molecule has 1 fully saturated rings. The van der Waals surface area contributed by atoms with Crippen LogP contribution in [-0.4, -0.2) is 57.4 Å². The molecule has 10 heteroatoms. The van der Waals surface area contributed by atoms with E-state index < -0.39 is 26.7 Å². The summed E-state index contributed by atoms with van der Waals surface area (Å²) < 4.78 is 65.9. The molecule has 146 valence electrons. The number of hydrogen-bond donors (Lipinski definition) is 2. The van der Waals surface area contributed by atoms with Crippen LogP contribution in [0.4, 0.5) is 13.2 Å². The number of benzene rings is 1. The van der Waals surface area contributed by atoms with Crippen LogP contribution >= 0.6 is 0 Å².